The minimum atomic E-state index is -0.775. The number of fused-ring (bicyclic) bond motifs is 2. The van der Waals surface area contributed by atoms with E-state index in [9.17, 15) is 24.3 Å². The zero-order valence-electron chi connectivity index (χ0n) is 25.6. The van der Waals surface area contributed by atoms with Gasteiger partial charge in [-0.2, -0.15) is 0 Å². The fourth-order valence-electron chi connectivity index (χ4n) is 4.97. The van der Waals surface area contributed by atoms with E-state index in [-0.39, 0.29) is 70.3 Å². The first-order valence-electron chi connectivity index (χ1n) is 14.4. The van der Waals surface area contributed by atoms with Crippen molar-refractivity contribution in [1.82, 2.24) is 39.0 Å². The van der Waals surface area contributed by atoms with E-state index in [1.54, 1.807) is 28.9 Å². The van der Waals surface area contributed by atoms with Crippen molar-refractivity contribution in [2.75, 3.05) is 17.7 Å². The molecule has 4 amide bonds. The number of hydrogen-bond donors (Lipinski definition) is 5. The van der Waals surface area contributed by atoms with Gasteiger partial charge in [-0.15, -0.1) is 0 Å². The van der Waals surface area contributed by atoms with Gasteiger partial charge in [-0.05, 0) is 36.4 Å². The third kappa shape index (κ3) is 6.41. The molecule has 0 saturated heterocycles. The molecule has 6 rings (SSSR count). The predicted molar refractivity (Wildman–Crippen MR) is 174 cm³/mol. The molecule has 4 heterocycles. The Balaban J connectivity index is 1.37. The Hall–Kier alpha value is -7.24. The zero-order valence-corrected chi connectivity index (χ0v) is 25.6. The Bertz CT molecular complexity index is 2280. The fraction of sp³-hybridized carbons (Fsp3) is 0.0968. The molecule has 49 heavy (non-hydrogen) atoms. The Morgan fingerprint density at radius 1 is 0.735 bits per heavy atom. The molecular weight excluding hydrogens is 636 g/mol. The molecule has 0 fully saturated rings. The van der Waals surface area contributed by atoms with Gasteiger partial charge in [-0.3, -0.25) is 29.8 Å². The molecule has 18 nitrogen and oxygen atoms in total. The summed E-state index contributed by atoms with van der Waals surface area (Å²) in [6, 6.07) is 8.66. The number of nitrogens with zero attached hydrogens (tertiary/aromatic N) is 8. The predicted octanol–water partition coefficient (Wildman–Crippen LogP) is 1.64. The summed E-state index contributed by atoms with van der Waals surface area (Å²) >= 11 is 0. The first kappa shape index (κ1) is 31.7. The number of phenolic OH excluding ortho intramolecular Hbond substituents is 1. The zero-order chi connectivity index (χ0) is 34.7. The number of nitrogens with two attached hydrogens (primary N) is 2. The molecule has 0 spiro atoms. The quantitative estimate of drug-likeness (QED) is 0.124. The van der Waals surface area contributed by atoms with Crippen LogP contribution in [0, 0.1) is 0 Å². The second-order valence-electron chi connectivity index (χ2n) is 10.3. The number of amides is 4. The Labute approximate surface area is 275 Å². The number of methoxy groups -OCH3 is 1. The highest BCUT2D eigenvalue weighted by atomic mass is 16.5. The first-order valence-corrected chi connectivity index (χ1v) is 14.4. The van der Waals surface area contributed by atoms with Crippen molar-refractivity contribution in [1.29, 1.82) is 0 Å². The number of carbonyl (C=O) groups is 4. The van der Waals surface area contributed by atoms with Crippen LogP contribution in [0.25, 0.3) is 22.1 Å². The van der Waals surface area contributed by atoms with Gasteiger partial charge in [0.15, 0.2) is 0 Å². The van der Waals surface area contributed by atoms with E-state index >= 15 is 0 Å². The number of ether oxygens (including phenoxy) is 1. The summed E-state index contributed by atoms with van der Waals surface area (Å²) in [4.78, 5) is 74.5. The summed E-state index contributed by atoms with van der Waals surface area (Å²) < 4.78 is 8.69. The Morgan fingerprint density at radius 3 is 1.65 bits per heavy atom. The van der Waals surface area contributed by atoms with Crippen LogP contribution in [0.15, 0.2) is 73.3 Å². The van der Waals surface area contributed by atoms with Crippen molar-refractivity contribution >= 4 is 57.6 Å². The van der Waals surface area contributed by atoms with E-state index in [1.807, 2.05) is 0 Å². The SMILES string of the molecule is COc1cc(C(N)=O)cc2nc(NC(=O)c3ncccn3)n(C/C=C/Cn3c(NC(=O)c4ncccn4)nc4cc(C(N)=O)cc(O)c43)c12. The molecule has 0 radical (unpaired) electrons. The third-order valence-corrected chi connectivity index (χ3v) is 7.15. The van der Waals surface area contributed by atoms with E-state index in [0.717, 1.165) is 0 Å². The number of carbonyl (C=O) groups excluding carboxylic acids is 4. The van der Waals surface area contributed by atoms with Crippen molar-refractivity contribution in [2.24, 2.45) is 11.5 Å². The molecule has 4 aromatic heterocycles. The smallest absolute Gasteiger partial charge is 0.295 e. The van der Waals surface area contributed by atoms with Gasteiger partial charge in [0, 0.05) is 49.0 Å². The number of allylic oxidation sites excluding steroid dienone is 2. The monoisotopic (exact) mass is 662 g/mol. The van der Waals surface area contributed by atoms with Crippen molar-refractivity contribution in [2.45, 2.75) is 13.1 Å². The maximum absolute atomic E-state index is 13.0. The van der Waals surface area contributed by atoms with E-state index in [4.69, 9.17) is 16.2 Å². The highest BCUT2D eigenvalue weighted by molar-refractivity contribution is 6.04. The lowest BCUT2D eigenvalue weighted by molar-refractivity contribution is 0.0991. The number of anilines is 2. The summed E-state index contributed by atoms with van der Waals surface area (Å²) in [7, 11) is 1.42. The van der Waals surface area contributed by atoms with Crippen LogP contribution in [0.5, 0.6) is 11.5 Å². The average molecular weight is 663 g/mol. The molecule has 6 aromatic rings. The van der Waals surface area contributed by atoms with Gasteiger partial charge in [-0.1, -0.05) is 12.2 Å². The summed E-state index contributed by atoms with van der Waals surface area (Å²) in [5.41, 5.74) is 12.3. The maximum atomic E-state index is 13.0. The van der Waals surface area contributed by atoms with Crippen LogP contribution in [0.1, 0.15) is 42.0 Å². The molecule has 0 aliphatic rings. The van der Waals surface area contributed by atoms with Crippen LogP contribution >= 0.6 is 0 Å². The van der Waals surface area contributed by atoms with Crippen molar-refractivity contribution in [3.8, 4) is 11.5 Å². The van der Waals surface area contributed by atoms with Gasteiger partial charge in [0.25, 0.3) is 11.8 Å². The van der Waals surface area contributed by atoms with Gasteiger partial charge in [0.2, 0.25) is 35.4 Å². The van der Waals surface area contributed by atoms with E-state index in [2.05, 4.69) is 40.5 Å². The molecule has 0 saturated carbocycles. The number of hydrogen-bond acceptors (Lipinski definition) is 12. The number of benzene rings is 2. The summed E-state index contributed by atoms with van der Waals surface area (Å²) in [6.45, 7) is 0.165. The molecule has 0 atom stereocenters. The average Bonchev–Trinajstić information content (AvgIpc) is 3.63. The van der Waals surface area contributed by atoms with Crippen LogP contribution in [-0.4, -0.2) is 74.9 Å². The first-order chi connectivity index (χ1) is 23.6. The molecule has 2 aromatic carbocycles. The minimum absolute atomic E-state index is 0.0189. The second-order valence-corrected chi connectivity index (χ2v) is 10.3. The Morgan fingerprint density at radius 2 is 1.18 bits per heavy atom. The molecule has 0 unspecified atom stereocenters. The molecule has 246 valence electrons. The number of phenols is 1. The number of imidazole rings is 2. The van der Waals surface area contributed by atoms with Crippen molar-refractivity contribution < 1.29 is 29.0 Å². The number of aromatic hydroxyl groups is 1. The number of nitrogens with one attached hydrogen (secondary N) is 2. The topological polar surface area (TPSA) is 261 Å². The largest absolute Gasteiger partial charge is 0.506 e. The van der Waals surface area contributed by atoms with Gasteiger partial charge in [0.05, 0.1) is 18.1 Å². The molecule has 7 N–H and O–H groups in total. The van der Waals surface area contributed by atoms with Crippen molar-refractivity contribution in [3.05, 3.63) is 96.1 Å². The van der Waals surface area contributed by atoms with Crippen LogP contribution in [-0.2, 0) is 13.1 Å². The normalized spacial score (nSPS) is 11.2. The van der Waals surface area contributed by atoms with E-state index < -0.39 is 23.6 Å². The summed E-state index contributed by atoms with van der Waals surface area (Å²) in [5.74, 6) is -2.88. The van der Waals surface area contributed by atoms with Crippen LogP contribution in [0.4, 0.5) is 11.9 Å². The maximum Gasteiger partial charge on any atom is 0.295 e. The highest BCUT2D eigenvalue weighted by Gasteiger charge is 2.22. The van der Waals surface area contributed by atoms with Crippen LogP contribution < -0.4 is 26.8 Å². The lowest BCUT2D eigenvalue weighted by atomic mass is 10.1. The molecule has 0 aliphatic carbocycles. The van der Waals surface area contributed by atoms with Gasteiger partial charge in [0.1, 0.15) is 22.5 Å². The molecular formula is C31H26N12O6. The lowest BCUT2D eigenvalue weighted by Crippen LogP contribution is -2.18. The number of aromatic nitrogens is 8. The number of primary amides is 2. The molecule has 0 bridgehead atoms. The van der Waals surface area contributed by atoms with Crippen molar-refractivity contribution in [3.63, 3.8) is 0 Å². The summed E-state index contributed by atoms with van der Waals surface area (Å²) in [5, 5.41) is 16.2. The van der Waals surface area contributed by atoms with Gasteiger partial charge >= 0.3 is 0 Å². The fourth-order valence-corrected chi connectivity index (χ4v) is 4.97. The van der Waals surface area contributed by atoms with E-state index in [1.165, 1.54) is 60.7 Å². The van der Waals surface area contributed by atoms with Gasteiger partial charge < -0.3 is 30.4 Å². The lowest BCUT2D eigenvalue weighted by Gasteiger charge is -2.11. The van der Waals surface area contributed by atoms with Crippen LogP contribution in [0.3, 0.4) is 0 Å². The van der Waals surface area contributed by atoms with Gasteiger partial charge in [-0.25, -0.2) is 29.9 Å². The minimum Gasteiger partial charge on any atom is -0.506 e. The second kappa shape index (κ2) is 13.2. The highest BCUT2D eigenvalue weighted by Crippen LogP contribution is 2.32. The standard InChI is InChI=1S/C31H26N12O6/c1-49-21-15-17(25(33)46)13-19-23(21)43(31(39-19)41-29(48)27-36-8-5-9-37-27)11-3-2-10-42-22-18(12-16(24(32)45)14-20(22)44)38-30(42)40-28(47)26-34-6-4-7-35-26/h2-9,12-15,44H,10-11H2,1H3,(H2,32,45)(H2,33,46)(H,38,40,47)(H,39,41,48)/b3-2+. The summed E-state index contributed by atoms with van der Waals surface area (Å²) in [6.07, 6.45) is 9.09. The third-order valence-electron chi connectivity index (χ3n) is 7.15. The van der Waals surface area contributed by atoms with E-state index in [0.29, 0.717) is 11.0 Å². The molecule has 0 aliphatic heterocycles. The van der Waals surface area contributed by atoms with Crippen LogP contribution in [0.2, 0.25) is 0 Å². The molecule has 18 heteroatoms. The Kier molecular flexibility index (Phi) is 8.57. The number of rotatable bonds is 11.